The summed E-state index contributed by atoms with van der Waals surface area (Å²) in [7, 11) is 0. The number of hydrogen-bond acceptors (Lipinski definition) is 3. The highest BCUT2D eigenvalue weighted by Crippen LogP contribution is 2.29. The van der Waals surface area contributed by atoms with Crippen LogP contribution in [0.4, 0.5) is 4.79 Å². The van der Waals surface area contributed by atoms with Gasteiger partial charge in [0.2, 0.25) is 0 Å². The van der Waals surface area contributed by atoms with E-state index in [1.807, 2.05) is 0 Å². The fourth-order valence-electron chi connectivity index (χ4n) is 2.45. The van der Waals surface area contributed by atoms with Gasteiger partial charge in [0, 0.05) is 25.7 Å². The van der Waals surface area contributed by atoms with Crippen LogP contribution in [0.15, 0.2) is 0 Å². The molecule has 2 saturated carbocycles. The number of likely N-dealkylation sites (N-methyl/N-ethyl adjacent to an activating group) is 1. The first-order valence-corrected chi connectivity index (χ1v) is 7.58. The van der Waals surface area contributed by atoms with Crippen LogP contribution < -0.4 is 5.32 Å². The minimum absolute atomic E-state index is 0.206. The highest BCUT2D eigenvalue weighted by Gasteiger charge is 2.29. The van der Waals surface area contributed by atoms with E-state index < -0.39 is 5.97 Å². The van der Waals surface area contributed by atoms with Crippen molar-refractivity contribution in [3.05, 3.63) is 0 Å². The van der Waals surface area contributed by atoms with Gasteiger partial charge in [0.1, 0.15) is 6.54 Å². The van der Waals surface area contributed by atoms with E-state index in [-0.39, 0.29) is 12.6 Å². The summed E-state index contributed by atoms with van der Waals surface area (Å²) in [5.74, 6) is -0.451. The molecule has 20 heavy (non-hydrogen) atoms. The van der Waals surface area contributed by atoms with Crippen molar-refractivity contribution in [3.8, 4) is 0 Å². The molecule has 0 aromatic carbocycles. The Labute approximate surface area is 120 Å². The summed E-state index contributed by atoms with van der Waals surface area (Å²) < 4.78 is 0. The van der Waals surface area contributed by atoms with Crippen molar-refractivity contribution in [2.75, 3.05) is 32.7 Å². The maximum atomic E-state index is 12.0. The Balaban J connectivity index is 1.70. The van der Waals surface area contributed by atoms with Crippen molar-refractivity contribution in [3.63, 3.8) is 0 Å². The quantitative estimate of drug-likeness (QED) is 0.661. The van der Waals surface area contributed by atoms with E-state index >= 15 is 0 Å². The van der Waals surface area contributed by atoms with Crippen LogP contribution in [0.25, 0.3) is 0 Å². The van der Waals surface area contributed by atoms with Gasteiger partial charge >= 0.3 is 12.0 Å². The van der Waals surface area contributed by atoms with Crippen molar-refractivity contribution in [2.24, 2.45) is 5.92 Å². The number of hydrogen-bond donors (Lipinski definition) is 2. The lowest BCUT2D eigenvalue weighted by Crippen LogP contribution is -2.46. The predicted octanol–water partition coefficient (Wildman–Crippen LogP) is 0.977. The van der Waals surface area contributed by atoms with Crippen LogP contribution in [0.2, 0.25) is 0 Å². The van der Waals surface area contributed by atoms with E-state index in [1.54, 1.807) is 0 Å². The van der Waals surface area contributed by atoms with E-state index in [0.717, 1.165) is 25.9 Å². The van der Waals surface area contributed by atoms with Crippen LogP contribution in [0.5, 0.6) is 0 Å². The van der Waals surface area contributed by atoms with Crippen molar-refractivity contribution in [1.29, 1.82) is 0 Å². The first-order valence-electron chi connectivity index (χ1n) is 7.58. The normalized spacial score (nSPS) is 18.1. The minimum atomic E-state index is -0.950. The molecule has 0 aromatic heterocycles. The Kier molecular flexibility index (Phi) is 5.23. The summed E-state index contributed by atoms with van der Waals surface area (Å²) in [6.07, 6.45) is 4.73. The maximum absolute atomic E-state index is 12.0. The lowest BCUT2D eigenvalue weighted by atomic mass is 10.3. The molecule has 0 heterocycles. The number of nitrogens with zero attached hydrogens (tertiary/aromatic N) is 2. The average molecular weight is 283 g/mol. The van der Waals surface area contributed by atoms with Gasteiger partial charge in [0.15, 0.2) is 0 Å². The second-order valence-electron chi connectivity index (χ2n) is 5.81. The van der Waals surface area contributed by atoms with Gasteiger partial charge in [-0.2, -0.15) is 0 Å². The third kappa shape index (κ3) is 5.00. The molecule has 6 nitrogen and oxygen atoms in total. The molecule has 0 spiro atoms. The van der Waals surface area contributed by atoms with Crippen LogP contribution >= 0.6 is 0 Å². The average Bonchev–Trinajstić information content (AvgIpc) is 3.25. The van der Waals surface area contributed by atoms with Gasteiger partial charge in [-0.3, -0.25) is 9.69 Å². The second-order valence-corrected chi connectivity index (χ2v) is 5.81. The Morgan fingerprint density at radius 2 is 1.95 bits per heavy atom. The molecule has 2 aliphatic carbocycles. The largest absolute Gasteiger partial charge is 0.480 e. The first-order chi connectivity index (χ1) is 9.60. The molecule has 2 N–H and O–H groups in total. The van der Waals surface area contributed by atoms with Gasteiger partial charge in [-0.25, -0.2) is 4.79 Å². The molecule has 6 heteroatoms. The number of carbonyl (C=O) groups excluding carboxylic acids is 1. The fraction of sp³-hybridized carbons (Fsp3) is 0.857. The topological polar surface area (TPSA) is 72.9 Å². The zero-order valence-electron chi connectivity index (χ0n) is 12.2. The summed E-state index contributed by atoms with van der Waals surface area (Å²) >= 11 is 0. The van der Waals surface area contributed by atoms with Gasteiger partial charge < -0.3 is 15.3 Å². The van der Waals surface area contributed by atoms with E-state index in [2.05, 4.69) is 17.1 Å². The standard InChI is InChI=1S/C14H25N3O3/c1-2-16(12-5-6-12)8-7-15-14(20)17(10-13(18)19)9-11-3-4-11/h11-12H,2-10H2,1H3,(H,15,20)(H,18,19). The zero-order chi connectivity index (χ0) is 14.5. The molecule has 2 amide bonds. The lowest BCUT2D eigenvalue weighted by Gasteiger charge is -2.23. The molecule has 114 valence electrons. The molecule has 0 bridgehead atoms. The van der Waals surface area contributed by atoms with Gasteiger partial charge in [-0.15, -0.1) is 0 Å². The van der Waals surface area contributed by atoms with Gasteiger partial charge in [0.25, 0.3) is 0 Å². The smallest absolute Gasteiger partial charge is 0.323 e. The molecule has 0 atom stereocenters. The number of carbonyl (C=O) groups is 2. The van der Waals surface area contributed by atoms with Crippen LogP contribution in [0.1, 0.15) is 32.6 Å². The van der Waals surface area contributed by atoms with Crippen LogP contribution in [0, 0.1) is 5.92 Å². The Bertz CT molecular complexity index is 354. The first kappa shape index (κ1) is 15.1. The summed E-state index contributed by atoms with van der Waals surface area (Å²) in [6, 6.07) is 0.449. The van der Waals surface area contributed by atoms with Gasteiger partial charge in [0.05, 0.1) is 0 Å². The van der Waals surface area contributed by atoms with Crippen molar-refractivity contribution in [1.82, 2.24) is 15.1 Å². The Morgan fingerprint density at radius 1 is 1.25 bits per heavy atom. The van der Waals surface area contributed by atoms with Crippen molar-refractivity contribution < 1.29 is 14.7 Å². The highest BCUT2D eigenvalue weighted by atomic mass is 16.4. The molecule has 2 aliphatic rings. The van der Waals surface area contributed by atoms with E-state index in [9.17, 15) is 9.59 Å². The number of aliphatic carboxylic acids is 1. The number of carboxylic acids is 1. The van der Waals surface area contributed by atoms with Crippen molar-refractivity contribution >= 4 is 12.0 Å². The molecule has 2 fully saturated rings. The van der Waals surface area contributed by atoms with Crippen LogP contribution in [-0.2, 0) is 4.79 Å². The molecule has 0 saturated heterocycles. The SMILES string of the molecule is CCN(CCNC(=O)N(CC(=O)O)CC1CC1)C1CC1. The lowest BCUT2D eigenvalue weighted by molar-refractivity contribution is -0.137. The summed E-state index contributed by atoms with van der Waals surface area (Å²) in [5, 5.41) is 11.7. The number of carboxylic acid groups (broad SMARTS) is 1. The second kappa shape index (κ2) is 6.92. The maximum Gasteiger partial charge on any atom is 0.323 e. The molecule has 0 aliphatic heterocycles. The van der Waals surface area contributed by atoms with Crippen LogP contribution in [0.3, 0.4) is 0 Å². The molecular formula is C14H25N3O3. The summed E-state index contributed by atoms with van der Waals surface area (Å²) in [5.41, 5.74) is 0. The summed E-state index contributed by atoms with van der Waals surface area (Å²) in [4.78, 5) is 26.6. The third-order valence-electron chi connectivity index (χ3n) is 3.93. The molecule has 0 radical (unpaired) electrons. The number of nitrogens with one attached hydrogen (secondary N) is 1. The summed E-state index contributed by atoms with van der Waals surface area (Å²) in [6.45, 7) is 4.92. The zero-order valence-corrected chi connectivity index (χ0v) is 12.2. The van der Waals surface area contributed by atoms with Gasteiger partial charge in [-0.05, 0) is 38.1 Å². The number of amides is 2. The Hall–Kier alpha value is -1.30. The van der Waals surface area contributed by atoms with E-state index in [4.69, 9.17) is 5.11 Å². The molecule has 0 unspecified atom stereocenters. The molecular weight excluding hydrogens is 258 g/mol. The molecule has 2 rings (SSSR count). The highest BCUT2D eigenvalue weighted by molar-refractivity contribution is 5.80. The third-order valence-corrected chi connectivity index (χ3v) is 3.93. The predicted molar refractivity (Wildman–Crippen MR) is 75.6 cm³/mol. The van der Waals surface area contributed by atoms with E-state index in [1.165, 1.54) is 17.7 Å². The van der Waals surface area contributed by atoms with Gasteiger partial charge in [-0.1, -0.05) is 6.92 Å². The number of urea groups is 1. The fourth-order valence-corrected chi connectivity index (χ4v) is 2.45. The molecule has 0 aromatic rings. The van der Waals surface area contributed by atoms with Crippen molar-refractivity contribution in [2.45, 2.75) is 38.6 Å². The monoisotopic (exact) mass is 283 g/mol. The number of rotatable bonds is 9. The van der Waals surface area contributed by atoms with Crippen LogP contribution in [-0.4, -0.2) is 65.7 Å². The van der Waals surface area contributed by atoms with E-state index in [0.29, 0.717) is 25.0 Å². The minimum Gasteiger partial charge on any atom is -0.480 e. The Morgan fingerprint density at radius 3 is 2.45 bits per heavy atom.